The number of esters is 1. The van der Waals surface area contributed by atoms with Gasteiger partial charge in [-0.25, -0.2) is 9.36 Å². The molecule has 0 spiro atoms. The van der Waals surface area contributed by atoms with E-state index in [1.54, 1.807) is 47.1 Å². The second-order valence-electron chi connectivity index (χ2n) is 14.8. The number of rotatable bonds is 16. The van der Waals surface area contributed by atoms with Crippen molar-refractivity contribution in [3.63, 3.8) is 0 Å². The number of ether oxygens (including phenoxy) is 5. The Labute approximate surface area is 341 Å². The summed E-state index contributed by atoms with van der Waals surface area (Å²) in [5, 5.41) is 2.96. The Balaban J connectivity index is 1.24. The normalized spacial score (nSPS) is 19.1. The van der Waals surface area contributed by atoms with E-state index in [1.165, 1.54) is 25.4 Å². The monoisotopic (exact) mass is 829 g/mol. The third-order valence-electron chi connectivity index (χ3n) is 9.82. The minimum atomic E-state index is -4.92. The van der Waals surface area contributed by atoms with Crippen LogP contribution in [0.1, 0.15) is 49.3 Å². The lowest BCUT2D eigenvalue weighted by molar-refractivity contribution is -0.159. The molecule has 0 amide bonds. The molecule has 59 heavy (non-hydrogen) atoms. The maximum atomic E-state index is 13.7. The summed E-state index contributed by atoms with van der Waals surface area (Å²) in [6, 6.07) is 31.8. The minimum absolute atomic E-state index is 0.0169. The molecule has 5 aromatic rings. The van der Waals surface area contributed by atoms with Gasteiger partial charge in [0, 0.05) is 12.3 Å². The van der Waals surface area contributed by atoms with E-state index in [4.69, 9.17) is 32.7 Å². The minimum Gasteiger partial charge on any atom is -0.497 e. The van der Waals surface area contributed by atoms with Gasteiger partial charge < -0.3 is 33.5 Å². The predicted molar refractivity (Wildman–Crippen MR) is 217 cm³/mol. The highest BCUT2D eigenvalue weighted by Crippen LogP contribution is 2.49. The molecule has 0 aliphatic carbocycles. The molecular formula is C43H48N3O12P. The average molecular weight is 830 g/mol. The van der Waals surface area contributed by atoms with Crippen LogP contribution in [0.3, 0.4) is 0 Å². The van der Waals surface area contributed by atoms with Crippen molar-refractivity contribution in [1.82, 2.24) is 14.9 Å². The van der Waals surface area contributed by atoms with E-state index in [2.05, 4.69) is 10.3 Å². The molecule has 2 heterocycles. The number of carbonyl (C=O) groups excluding carboxylic acids is 1. The van der Waals surface area contributed by atoms with Crippen LogP contribution in [0.5, 0.6) is 17.2 Å². The van der Waals surface area contributed by atoms with Crippen molar-refractivity contribution in [1.29, 1.82) is 0 Å². The fourth-order valence-electron chi connectivity index (χ4n) is 6.77. The number of hydrogen-bond donors (Lipinski definition) is 3. The molecule has 1 aromatic heterocycles. The van der Waals surface area contributed by atoms with E-state index in [0.29, 0.717) is 11.5 Å². The van der Waals surface area contributed by atoms with Crippen LogP contribution in [0.2, 0.25) is 0 Å². The number of likely N-dealkylation sites (N-methyl/N-ethyl adjacent to an activating group) is 1. The number of aromatic nitrogens is 2. The lowest BCUT2D eigenvalue weighted by Crippen LogP contribution is -2.46. The Morgan fingerprint density at radius 3 is 1.92 bits per heavy atom. The van der Waals surface area contributed by atoms with Crippen LogP contribution in [0.25, 0.3) is 0 Å². The van der Waals surface area contributed by atoms with E-state index < -0.39 is 60.5 Å². The summed E-state index contributed by atoms with van der Waals surface area (Å²) in [4.78, 5) is 50.5. The highest BCUT2D eigenvalue weighted by Gasteiger charge is 2.50. The summed E-state index contributed by atoms with van der Waals surface area (Å²) in [5.74, 6) is 0.851. The van der Waals surface area contributed by atoms with E-state index in [9.17, 15) is 23.8 Å². The van der Waals surface area contributed by atoms with Gasteiger partial charge in [-0.3, -0.25) is 28.6 Å². The smallest absolute Gasteiger partial charge is 0.497 e. The topological polar surface area (TPSA) is 186 Å². The number of nitrogens with zero attached hydrogens (tertiary/aromatic N) is 1. The van der Waals surface area contributed by atoms with Crippen LogP contribution < -0.4 is 30.6 Å². The van der Waals surface area contributed by atoms with Gasteiger partial charge >= 0.3 is 19.5 Å². The number of carbonyl (C=O) groups is 1. The lowest BCUT2D eigenvalue weighted by Gasteiger charge is -2.36. The highest BCUT2D eigenvalue weighted by molar-refractivity contribution is 7.47. The SMILES string of the molecule is CNC1C(OP(=O)(O)Oc2ccc(COC(c3ccccc3)(c3ccc(OC)cc3)c3ccc(OC)cc3)cc2)[C@@H](COC(=O)C(C)(C)C)O[C@H]1n1ccc(=O)[nH]c1=O. The van der Waals surface area contributed by atoms with Crippen LogP contribution in [-0.4, -0.2) is 66.5 Å². The van der Waals surface area contributed by atoms with Crippen LogP contribution in [0.4, 0.5) is 0 Å². The van der Waals surface area contributed by atoms with Crippen molar-refractivity contribution in [2.45, 2.75) is 57.5 Å². The second-order valence-corrected chi connectivity index (χ2v) is 16.1. The van der Waals surface area contributed by atoms with Crippen LogP contribution in [0.15, 0.2) is 125 Å². The molecule has 3 unspecified atom stereocenters. The van der Waals surface area contributed by atoms with Gasteiger partial charge in [-0.2, -0.15) is 0 Å². The number of aromatic amines is 1. The third kappa shape index (κ3) is 9.85. The van der Waals surface area contributed by atoms with E-state index in [0.717, 1.165) is 32.9 Å². The molecule has 15 nitrogen and oxygen atoms in total. The molecule has 0 saturated carbocycles. The van der Waals surface area contributed by atoms with E-state index >= 15 is 0 Å². The molecule has 312 valence electrons. The van der Waals surface area contributed by atoms with E-state index in [-0.39, 0.29) is 19.0 Å². The molecule has 1 aliphatic rings. The van der Waals surface area contributed by atoms with E-state index in [1.807, 2.05) is 78.9 Å². The zero-order valence-electron chi connectivity index (χ0n) is 33.5. The Morgan fingerprint density at radius 1 is 0.831 bits per heavy atom. The third-order valence-corrected chi connectivity index (χ3v) is 10.8. The average Bonchev–Trinajstić information content (AvgIpc) is 3.56. The van der Waals surface area contributed by atoms with Crippen molar-refractivity contribution >= 4 is 13.8 Å². The van der Waals surface area contributed by atoms with Gasteiger partial charge in [0.05, 0.1) is 32.3 Å². The second kappa shape index (κ2) is 18.2. The summed E-state index contributed by atoms with van der Waals surface area (Å²) < 4.78 is 55.5. The van der Waals surface area contributed by atoms with Gasteiger partial charge in [0.2, 0.25) is 0 Å². The standard InChI is InChI=1S/C43H48N3O12P/c1-42(2,3)40(48)54-27-35-38(37(44-4)39(56-35)46-25-24-36(47)45-41(46)49)58-59(50,51)57-34-18-12-28(13-19-34)26-55-43(29-10-8-7-9-11-29,30-14-20-32(52-5)21-15-30)31-16-22-33(53-6)23-17-31/h7-25,35,37-39,44H,26-27H2,1-6H3,(H,50,51)(H,45,47,49)/t35-,37?,38?,39-/m1/s1. The lowest BCUT2D eigenvalue weighted by atomic mass is 9.80. The zero-order chi connectivity index (χ0) is 42.4. The van der Waals surface area contributed by atoms with Crippen molar-refractivity contribution < 1.29 is 47.0 Å². The van der Waals surface area contributed by atoms with Crippen molar-refractivity contribution in [3.8, 4) is 17.2 Å². The fraction of sp³-hybridized carbons (Fsp3) is 0.326. The number of phosphoric ester groups is 1. The molecule has 0 radical (unpaired) electrons. The fourth-order valence-corrected chi connectivity index (χ4v) is 7.78. The maximum Gasteiger partial charge on any atom is 0.527 e. The first-order valence-electron chi connectivity index (χ1n) is 18.8. The molecule has 3 N–H and O–H groups in total. The maximum absolute atomic E-state index is 13.7. The molecule has 1 fully saturated rings. The summed E-state index contributed by atoms with van der Waals surface area (Å²) in [5.41, 5.74) is -0.0303. The largest absolute Gasteiger partial charge is 0.527 e. The number of benzene rings is 4. The van der Waals surface area contributed by atoms with Gasteiger partial charge in [0.1, 0.15) is 41.7 Å². The number of nitrogens with one attached hydrogen (secondary N) is 2. The molecule has 1 saturated heterocycles. The molecule has 4 aromatic carbocycles. The van der Waals surface area contributed by atoms with Gasteiger partial charge in [0.25, 0.3) is 5.56 Å². The van der Waals surface area contributed by atoms with Crippen molar-refractivity contribution in [2.75, 3.05) is 27.9 Å². The quantitative estimate of drug-likeness (QED) is 0.0626. The summed E-state index contributed by atoms with van der Waals surface area (Å²) in [6.45, 7) is 4.76. The van der Waals surface area contributed by atoms with Gasteiger partial charge in [-0.1, -0.05) is 66.7 Å². The van der Waals surface area contributed by atoms with Crippen LogP contribution >= 0.6 is 7.82 Å². The molecule has 1 aliphatic heterocycles. The predicted octanol–water partition coefficient (Wildman–Crippen LogP) is 5.70. The molecular weight excluding hydrogens is 781 g/mol. The number of H-pyrrole nitrogens is 1. The van der Waals surface area contributed by atoms with Crippen LogP contribution in [0, 0.1) is 5.41 Å². The Kier molecular flexibility index (Phi) is 13.3. The molecule has 16 heteroatoms. The van der Waals surface area contributed by atoms with Gasteiger partial charge in [-0.05, 0) is 86.5 Å². The number of methoxy groups -OCH3 is 2. The van der Waals surface area contributed by atoms with Gasteiger partial charge in [-0.15, -0.1) is 0 Å². The molecule has 5 atom stereocenters. The molecule has 6 rings (SSSR count). The first-order valence-corrected chi connectivity index (χ1v) is 20.3. The number of hydrogen-bond acceptors (Lipinski definition) is 12. The Bertz CT molecular complexity index is 2300. The summed E-state index contributed by atoms with van der Waals surface area (Å²) in [7, 11) is -0.163. The summed E-state index contributed by atoms with van der Waals surface area (Å²) >= 11 is 0. The highest BCUT2D eigenvalue weighted by atomic mass is 31.2. The number of phosphoric acid groups is 1. The first-order chi connectivity index (χ1) is 28.2. The van der Waals surface area contributed by atoms with Crippen molar-refractivity contribution in [3.05, 3.63) is 158 Å². The Morgan fingerprint density at radius 2 is 1.39 bits per heavy atom. The first kappa shape index (κ1) is 43.0. The zero-order valence-corrected chi connectivity index (χ0v) is 34.4. The summed E-state index contributed by atoms with van der Waals surface area (Å²) in [6.07, 6.45) is -2.31. The van der Waals surface area contributed by atoms with Crippen molar-refractivity contribution in [2.24, 2.45) is 5.41 Å². The van der Waals surface area contributed by atoms with Crippen LogP contribution in [-0.2, 0) is 40.3 Å². The Hall–Kier alpha value is -5.54. The van der Waals surface area contributed by atoms with Gasteiger partial charge in [0.15, 0.2) is 6.23 Å². The molecule has 0 bridgehead atoms.